The quantitative estimate of drug-likeness (QED) is 0.434. The van der Waals surface area contributed by atoms with Gasteiger partial charge in [0.2, 0.25) is 0 Å². The molecule has 0 aromatic carbocycles. The molecular formula is C5H7InO2+2. The van der Waals surface area contributed by atoms with Gasteiger partial charge in [0.1, 0.15) is 0 Å². The van der Waals surface area contributed by atoms with Gasteiger partial charge in [0.05, 0.1) is 0 Å². The van der Waals surface area contributed by atoms with E-state index >= 15 is 0 Å². The van der Waals surface area contributed by atoms with Crippen LogP contribution in [-0.2, 0) is 4.79 Å². The van der Waals surface area contributed by atoms with E-state index in [4.69, 9.17) is 0 Å². The number of allylic oxidation sites excluding steroid dienone is 2. The first-order valence-electron chi connectivity index (χ1n) is 1.99. The van der Waals surface area contributed by atoms with Crippen LogP contribution in [0.1, 0.15) is 13.8 Å². The number of rotatable bonds is 1. The van der Waals surface area contributed by atoms with Crippen LogP contribution in [0.4, 0.5) is 0 Å². The molecule has 0 aliphatic heterocycles. The van der Waals surface area contributed by atoms with E-state index in [9.17, 15) is 9.90 Å². The minimum absolute atomic E-state index is 0. The van der Waals surface area contributed by atoms with E-state index in [1.165, 1.54) is 13.8 Å². The molecule has 0 heterocycles. The fraction of sp³-hybridized carbons (Fsp3) is 0.400. The molecule has 0 aromatic rings. The van der Waals surface area contributed by atoms with Crippen LogP contribution in [0.5, 0.6) is 0 Å². The molecule has 0 saturated carbocycles. The van der Waals surface area contributed by atoms with Gasteiger partial charge in [-0.3, -0.25) is 4.79 Å². The van der Waals surface area contributed by atoms with Crippen molar-refractivity contribution in [1.82, 2.24) is 0 Å². The number of hydrogen-bond acceptors (Lipinski definition) is 2. The van der Waals surface area contributed by atoms with Crippen LogP contribution in [0.2, 0.25) is 0 Å². The van der Waals surface area contributed by atoms with Crippen molar-refractivity contribution < 1.29 is 9.90 Å². The van der Waals surface area contributed by atoms with E-state index < -0.39 is 0 Å². The first-order chi connectivity index (χ1) is 3.13. The minimum Gasteiger partial charge on any atom is -0.876 e. The van der Waals surface area contributed by atoms with Gasteiger partial charge in [0.15, 0.2) is 5.78 Å². The summed E-state index contributed by atoms with van der Waals surface area (Å²) in [6.07, 6.45) is 1.06. The first-order valence-corrected chi connectivity index (χ1v) is 1.99. The summed E-state index contributed by atoms with van der Waals surface area (Å²) in [6.45, 7) is 2.70. The molecule has 8 heavy (non-hydrogen) atoms. The third kappa shape index (κ3) is 9.43. The van der Waals surface area contributed by atoms with Crippen LogP contribution < -0.4 is 5.11 Å². The number of carbonyl (C=O) groups excluding carboxylic acids is 1. The fourth-order valence-electron chi connectivity index (χ4n) is 0.286. The van der Waals surface area contributed by atoms with Crippen molar-refractivity contribution in [3.63, 3.8) is 0 Å². The van der Waals surface area contributed by atoms with E-state index in [0.29, 0.717) is 0 Å². The maximum Gasteiger partial charge on any atom is 3.00 e. The Hall–Kier alpha value is 0.0801. The monoisotopic (exact) mass is 214 g/mol. The average Bonchev–Trinajstić information content (AvgIpc) is 1.27. The Kier molecular flexibility index (Phi) is 7.15. The largest absolute Gasteiger partial charge is 3.00 e. The molecule has 0 bridgehead atoms. The second-order valence-electron chi connectivity index (χ2n) is 1.37. The molecule has 3 heteroatoms. The predicted molar refractivity (Wildman–Crippen MR) is 30.2 cm³/mol. The number of carbonyl (C=O) groups is 1. The van der Waals surface area contributed by atoms with Crippen LogP contribution >= 0.6 is 0 Å². The maximum absolute atomic E-state index is 9.98. The fourth-order valence-corrected chi connectivity index (χ4v) is 0.286. The van der Waals surface area contributed by atoms with Crippen molar-refractivity contribution in [2.45, 2.75) is 13.8 Å². The summed E-state index contributed by atoms with van der Waals surface area (Å²) in [7, 11) is 0. The summed E-state index contributed by atoms with van der Waals surface area (Å²) >= 11 is 0. The van der Waals surface area contributed by atoms with Crippen molar-refractivity contribution in [3.8, 4) is 0 Å². The zero-order valence-corrected chi connectivity index (χ0v) is 8.27. The van der Waals surface area contributed by atoms with Gasteiger partial charge in [0, 0.05) is 0 Å². The van der Waals surface area contributed by atoms with E-state index in [2.05, 4.69) is 0 Å². The number of hydrogen-bond donors (Lipinski definition) is 0. The molecule has 0 fully saturated rings. The molecule has 0 atom stereocenters. The Morgan fingerprint density at radius 2 is 1.88 bits per heavy atom. The average molecular weight is 214 g/mol. The molecule has 2 nitrogen and oxygen atoms in total. The molecule has 0 aromatic heterocycles. The molecule has 40 valence electrons. The van der Waals surface area contributed by atoms with Gasteiger partial charge in [-0.15, -0.1) is 5.76 Å². The van der Waals surface area contributed by atoms with Crippen molar-refractivity contribution >= 4 is 31.6 Å². The summed E-state index contributed by atoms with van der Waals surface area (Å²) in [4.78, 5) is 9.98. The van der Waals surface area contributed by atoms with Crippen molar-refractivity contribution in [3.05, 3.63) is 11.8 Å². The van der Waals surface area contributed by atoms with Gasteiger partial charge >= 0.3 is 25.8 Å². The number of ketones is 1. The summed E-state index contributed by atoms with van der Waals surface area (Å²) < 4.78 is 0. The Labute approximate surface area is 67.4 Å². The SMILES string of the molecule is CC(=O)C=C(C)[O-].[In+3]. The molecule has 0 aliphatic carbocycles. The molecule has 0 N–H and O–H groups in total. The zero-order chi connectivity index (χ0) is 5.86. The van der Waals surface area contributed by atoms with Crippen molar-refractivity contribution in [2.24, 2.45) is 0 Å². The van der Waals surface area contributed by atoms with Crippen molar-refractivity contribution in [2.75, 3.05) is 0 Å². The molecule has 0 radical (unpaired) electrons. The summed E-state index contributed by atoms with van der Waals surface area (Å²) in [5, 5.41) is 9.98. The maximum atomic E-state index is 9.98. The van der Waals surface area contributed by atoms with E-state index in [1.54, 1.807) is 0 Å². The van der Waals surface area contributed by atoms with Gasteiger partial charge in [-0.05, 0) is 13.0 Å². The molecule has 0 aliphatic rings. The second kappa shape index (κ2) is 5.22. The zero-order valence-electron chi connectivity index (χ0n) is 4.97. The van der Waals surface area contributed by atoms with Gasteiger partial charge in [-0.2, -0.15) is 0 Å². The van der Waals surface area contributed by atoms with Crippen molar-refractivity contribution in [1.29, 1.82) is 0 Å². The Balaban J connectivity index is 0. The molecule has 0 saturated heterocycles. The van der Waals surface area contributed by atoms with E-state index in [0.717, 1.165) is 6.08 Å². The third-order valence-corrected chi connectivity index (χ3v) is 0.407. The van der Waals surface area contributed by atoms with Gasteiger partial charge in [-0.25, -0.2) is 0 Å². The summed E-state index contributed by atoms with van der Waals surface area (Å²) in [6, 6.07) is 0. The van der Waals surface area contributed by atoms with Crippen LogP contribution in [0, 0.1) is 0 Å². The first kappa shape index (κ1) is 11.0. The third-order valence-electron chi connectivity index (χ3n) is 0.407. The van der Waals surface area contributed by atoms with Crippen LogP contribution in [-0.4, -0.2) is 31.6 Å². The van der Waals surface area contributed by atoms with Gasteiger partial charge in [-0.1, -0.05) is 6.92 Å². The van der Waals surface area contributed by atoms with E-state index in [1.807, 2.05) is 0 Å². The molecule has 0 spiro atoms. The molecule has 0 amide bonds. The van der Waals surface area contributed by atoms with Crippen LogP contribution in [0.15, 0.2) is 11.8 Å². The van der Waals surface area contributed by atoms with Crippen LogP contribution in [0.25, 0.3) is 0 Å². The molecule has 0 rings (SSSR count). The Morgan fingerprint density at radius 3 is 1.88 bits per heavy atom. The van der Waals surface area contributed by atoms with Crippen LogP contribution in [0.3, 0.4) is 0 Å². The van der Waals surface area contributed by atoms with E-state index in [-0.39, 0.29) is 37.4 Å². The predicted octanol–water partition coefficient (Wildman–Crippen LogP) is -0.541. The molecule has 0 unspecified atom stereocenters. The second-order valence-corrected chi connectivity index (χ2v) is 1.37. The Morgan fingerprint density at radius 1 is 1.50 bits per heavy atom. The standard InChI is InChI=1S/C5H8O2.In/c1-4(6)3-5(2)7;/h3,6H,1-2H3;/q;+3/p-1. The summed E-state index contributed by atoms with van der Waals surface area (Å²) in [5.41, 5.74) is 0. The topological polar surface area (TPSA) is 40.1 Å². The van der Waals surface area contributed by atoms with Gasteiger partial charge in [0.25, 0.3) is 0 Å². The minimum atomic E-state index is -0.187. The molecular weight excluding hydrogens is 207 g/mol. The Bertz CT molecular complexity index is 103. The van der Waals surface area contributed by atoms with Gasteiger partial charge < -0.3 is 5.11 Å². The normalized spacial score (nSPS) is 10.0. The summed E-state index contributed by atoms with van der Waals surface area (Å²) in [5.74, 6) is -0.375. The smallest absolute Gasteiger partial charge is 0.876 e.